The van der Waals surface area contributed by atoms with Crippen LogP contribution in [0.5, 0.6) is 0 Å². The van der Waals surface area contributed by atoms with Crippen LogP contribution in [0.1, 0.15) is 52.1 Å². The summed E-state index contributed by atoms with van der Waals surface area (Å²) in [6.45, 7) is 9.96. The molecule has 18 heavy (non-hydrogen) atoms. The zero-order valence-electron chi connectivity index (χ0n) is 11.7. The minimum Gasteiger partial charge on any atom is -0.310 e. The first kappa shape index (κ1) is 15.8. The lowest BCUT2D eigenvalue weighted by Crippen LogP contribution is -2.26. The van der Waals surface area contributed by atoms with E-state index < -0.39 is 0 Å². The number of hydrogen-bond acceptors (Lipinski definition) is 1. The lowest BCUT2D eigenvalue weighted by atomic mass is 9.85. The van der Waals surface area contributed by atoms with Crippen molar-refractivity contribution in [1.82, 2.24) is 5.32 Å². The average Bonchev–Trinajstić information content (AvgIpc) is 2.26. The van der Waals surface area contributed by atoms with Gasteiger partial charge < -0.3 is 5.32 Å². The first-order valence-corrected chi connectivity index (χ1v) is 7.27. The molecule has 0 saturated carbocycles. The largest absolute Gasteiger partial charge is 0.310 e. The molecule has 1 N–H and O–H groups in total. The Morgan fingerprint density at radius 1 is 1.17 bits per heavy atom. The fourth-order valence-electron chi connectivity index (χ4n) is 1.97. The number of rotatable bonds is 5. The maximum atomic E-state index is 6.10. The van der Waals surface area contributed by atoms with Gasteiger partial charge in [-0.15, -0.1) is 0 Å². The maximum absolute atomic E-state index is 6.10. The fourth-order valence-corrected chi connectivity index (χ4v) is 2.27. The molecule has 0 bridgehead atoms. The maximum Gasteiger partial charge on any atom is 0.0595 e. The molecule has 1 aromatic rings. The van der Waals surface area contributed by atoms with Crippen molar-refractivity contribution in [2.75, 3.05) is 6.54 Å². The van der Waals surface area contributed by atoms with E-state index in [0.717, 1.165) is 19.4 Å². The Bertz CT molecular complexity index is 383. The van der Waals surface area contributed by atoms with Crippen LogP contribution in [0.15, 0.2) is 18.2 Å². The number of nitrogens with one attached hydrogen (secondary N) is 1. The van der Waals surface area contributed by atoms with Crippen LogP contribution in [0.2, 0.25) is 10.0 Å². The Morgan fingerprint density at radius 2 is 1.83 bits per heavy atom. The highest BCUT2D eigenvalue weighted by Crippen LogP contribution is 2.32. The second-order valence-electron chi connectivity index (χ2n) is 5.95. The first-order chi connectivity index (χ1) is 8.33. The van der Waals surface area contributed by atoms with E-state index >= 15 is 0 Å². The van der Waals surface area contributed by atoms with Crippen LogP contribution in [-0.4, -0.2) is 6.54 Å². The third-order valence-electron chi connectivity index (χ3n) is 2.80. The molecule has 0 fully saturated rings. The molecular weight excluding hydrogens is 265 g/mol. The molecule has 0 saturated heterocycles. The molecule has 0 radical (unpaired) electrons. The highest BCUT2D eigenvalue weighted by Gasteiger charge is 2.20. The van der Waals surface area contributed by atoms with Crippen molar-refractivity contribution in [3.8, 4) is 0 Å². The molecule has 0 aliphatic rings. The molecule has 0 aromatic heterocycles. The van der Waals surface area contributed by atoms with Crippen molar-refractivity contribution < 1.29 is 0 Å². The molecule has 0 heterocycles. The van der Waals surface area contributed by atoms with E-state index in [9.17, 15) is 0 Å². The molecular formula is C15H23Cl2N. The Balaban J connectivity index is 2.90. The monoisotopic (exact) mass is 287 g/mol. The number of halogens is 2. The number of benzene rings is 1. The van der Waals surface area contributed by atoms with Crippen LogP contribution in [0.3, 0.4) is 0 Å². The van der Waals surface area contributed by atoms with Crippen molar-refractivity contribution in [3.63, 3.8) is 0 Å². The minimum absolute atomic E-state index is 0.275. The quantitative estimate of drug-likeness (QED) is 0.757. The summed E-state index contributed by atoms with van der Waals surface area (Å²) in [6, 6.07) is 6.25. The summed E-state index contributed by atoms with van der Waals surface area (Å²) in [7, 11) is 0. The van der Waals surface area contributed by atoms with Gasteiger partial charge in [-0.2, -0.15) is 0 Å². The van der Waals surface area contributed by atoms with E-state index in [1.165, 1.54) is 5.56 Å². The van der Waals surface area contributed by atoms with Crippen LogP contribution in [-0.2, 0) is 0 Å². The lowest BCUT2D eigenvalue weighted by molar-refractivity contribution is 0.311. The van der Waals surface area contributed by atoms with Crippen molar-refractivity contribution in [2.45, 2.75) is 46.6 Å². The van der Waals surface area contributed by atoms with Gasteiger partial charge in [0.25, 0.3) is 0 Å². The third-order valence-corrected chi connectivity index (χ3v) is 3.54. The van der Waals surface area contributed by atoms with Gasteiger partial charge in [-0.1, -0.05) is 57.0 Å². The summed E-state index contributed by atoms with van der Waals surface area (Å²) < 4.78 is 0. The Hall–Kier alpha value is -0.240. The molecule has 3 heteroatoms. The average molecular weight is 288 g/mol. The normalized spacial score (nSPS) is 13.7. The van der Waals surface area contributed by atoms with Crippen LogP contribution in [0.25, 0.3) is 0 Å². The predicted molar refractivity (Wildman–Crippen MR) is 81.6 cm³/mol. The van der Waals surface area contributed by atoms with Crippen LogP contribution in [0.4, 0.5) is 0 Å². The smallest absolute Gasteiger partial charge is 0.0595 e. The van der Waals surface area contributed by atoms with Gasteiger partial charge in [0.2, 0.25) is 0 Å². The van der Waals surface area contributed by atoms with Crippen molar-refractivity contribution in [1.29, 1.82) is 0 Å². The lowest BCUT2D eigenvalue weighted by Gasteiger charge is -2.27. The van der Waals surface area contributed by atoms with Crippen molar-refractivity contribution >= 4 is 23.2 Å². The van der Waals surface area contributed by atoms with Crippen LogP contribution >= 0.6 is 23.2 Å². The highest BCUT2D eigenvalue weighted by atomic mass is 35.5. The fraction of sp³-hybridized carbons (Fsp3) is 0.600. The summed E-state index contributed by atoms with van der Waals surface area (Å²) in [5.74, 6) is 0. The summed E-state index contributed by atoms with van der Waals surface area (Å²) in [4.78, 5) is 0. The second kappa shape index (κ2) is 6.79. The molecule has 0 amide bonds. The summed E-state index contributed by atoms with van der Waals surface area (Å²) in [5.41, 5.74) is 1.49. The van der Waals surface area contributed by atoms with E-state index in [4.69, 9.17) is 23.2 Å². The summed E-state index contributed by atoms with van der Waals surface area (Å²) in [5, 5.41) is 4.83. The minimum atomic E-state index is 0.275. The van der Waals surface area contributed by atoms with E-state index in [0.29, 0.717) is 16.1 Å². The van der Waals surface area contributed by atoms with Gasteiger partial charge in [0.1, 0.15) is 0 Å². The molecule has 0 aliphatic carbocycles. The van der Waals surface area contributed by atoms with Gasteiger partial charge in [-0.3, -0.25) is 0 Å². The molecule has 1 nitrogen and oxygen atoms in total. The van der Waals surface area contributed by atoms with Crippen molar-refractivity contribution in [3.05, 3.63) is 33.8 Å². The van der Waals surface area contributed by atoms with E-state index in [-0.39, 0.29) is 5.41 Å². The SMILES string of the molecule is CCCNC(CC(C)(C)C)c1ccc(Cl)c(Cl)c1. The second-order valence-corrected chi connectivity index (χ2v) is 6.76. The van der Waals surface area contributed by atoms with Gasteiger partial charge in [0.15, 0.2) is 0 Å². The first-order valence-electron chi connectivity index (χ1n) is 6.52. The molecule has 1 unspecified atom stereocenters. The Morgan fingerprint density at radius 3 is 2.33 bits per heavy atom. The standard InChI is InChI=1S/C15H23Cl2N/c1-5-8-18-14(10-15(2,3)4)11-6-7-12(16)13(17)9-11/h6-7,9,14,18H,5,8,10H2,1-4H3. The highest BCUT2D eigenvalue weighted by molar-refractivity contribution is 6.42. The molecule has 0 spiro atoms. The van der Waals surface area contributed by atoms with Gasteiger partial charge >= 0.3 is 0 Å². The molecule has 1 atom stereocenters. The number of hydrogen-bond donors (Lipinski definition) is 1. The molecule has 0 aliphatic heterocycles. The summed E-state index contributed by atoms with van der Waals surface area (Å²) >= 11 is 12.1. The van der Waals surface area contributed by atoms with E-state index in [1.54, 1.807) is 0 Å². The van der Waals surface area contributed by atoms with Crippen molar-refractivity contribution in [2.24, 2.45) is 5.41 Å². The topological polar surface area (TPSA) is 12.0 Å². The predicted octanol–water partition coefficient (Wildman–Crippen LogP) is 5.47. The van der Waals surface area contributed by atoms with E-state index in [1.807, 2.05) is 12.1 Å². The van der Waals surface area contributed by atoms with Crippen LogP contribution in [0, 0.1) is 5.41 Å². The zero-order valence-corrected chi connectivity index (χ0v) is 13.2. The Labute approximate surface area is 121 Å². The van der Waals surface area contributed by atoms with Gasteiger partial charge in [0, 0.05) is 6.04 Å². The van der Waals surface area contributed by atoms with E-state index in [2.05, 4.69) is 39.1 Å². The van der Waals surface area contributed by atoms with Crippen LogP contribution < -0.4 is 5.32 Å². The van der Waals surface area contributed by atoms with Gasteiger partial charge in [-0.25, -0.2) is 0 Å². The molecule has 1 rings (SSSR count). The molecule has 1 aromatic carbocycles. The summed E-state index contributed by atoms with van der Waals surface area (Å²) in [6.07, 6.45) is 2.20. The third kappa shape index (κ3) is 5.17. The molecule has 102 valence electrons. The zero-order chi connectivity index (χ0) is 13.8. The Kier molecular flexibility index (Phi) is 5.97. The van der Waals surface area contributed by atoms with Gasteiger partial charge in [0.05, 0.1) is 10.0 Å². The van der Waals surface area contributed by atoms with Gasteiger partial charge in [-0.05, 0) is 42.5 Å².